The van der Waals surface area contributed by atoms with Gasteiger partial charge in [-0.2, -0.15) is 0 Å². The second-order valence-electron chi connectivity index (χ2n) is 5.51. The summed E-state index contributed by atoms with van der Waals surface area (Å²) < 4.78 is 2.03. The lowest BCUT2D eigenvalue weighted by molar-refractivity contribution is 0.145. The third kappa shape index (κ3) is 1.79. The molecule has 1 saturated carbocycles. The lowest BCUT2D eigenvalue weighted by Crippen LogP contribution is -2.06. The van der Waals surface area contributed by atoms with Gasteiger partial charge in [-0.05, 0) is 30.7 Å². The molecule has 4 heteroatoms. The third-order valence-corrected chi connectivity index (χ3v) is 5.26. The topological polar surface area (TPSA) is 37.5 Å². The van der Waals surface area contributed by atoms with Gasteiger partial charge in [-0.3, -0.25) is 4.40 Å². The Hall–Kier alpha value is -1.65. The van der Waals surface area contributed by atoms with Crippen LogP contribution >= 0.6 is 11.3 Å². The lowest BCUT2D eigenvalue weighted by atomic mass is 10.0. The van der Waals surface area contributed by atoms with Crippen molar-refractivity contribution in [3.05, 3.63) is 59.0 Å². The number of aliphatic hydroxyl groups is 1. The molecule has 0 bridgehead atoms. The average molecular weight is 284 g/mol. The van der Waals surface area contributed by atoms with Crippen molar-refractivity contribution in [3.63, 3.8) is 0 Å². The molecule has 3 nitrogen and oxygen atoms in total. The number of rotatable bonds is 3. The molecule has 1 aliphatic carbocycles. The Morgan fingerprint density at radius 1 is 1.35 bits per heavy atom. The van der Waals surface area contributed by atoms with E-state index in [2.05, 4.69) is 36.2 Å². The quantitative estimate of drug-likeness (QED) is 0.798. The van der Waals surface area contributed by atoms with E-state index in [1.807, 2.05) is 16.7 Å². The van der Waals surface area contributed by atoms with Crippen LogP contribution in [0.1, 0.15) is 34.6 Å². The molecular formula is C16H16N2OS. The predicted octanol–water partition coefficient (Wildman–Crippen LogP) is 3.54. The minimum Gasteiger partial charge on any atom is -0.387 e. The van der Waals surface area contributed by atoms with E-state index in [1.54, 1.807) is 17.7 Å². The second kappa shape index (κ2) is 4.43. The van der Waals surface area contributed by atoms with Crippen molar-refractivity contribution >= 4 is 16.2 Å². The van der Waals surface area contributed by atoms with Gasteiger partial charge in [-0.25, -0.2) is 4.98 Å². The highest BCUT2D eigenvalue weighted by atomic mass is 32.1. The largest absolute Gasteiger partial charge is 0.387 e. The number of hydrogen-bond donors (Lipinski definition) is 1. The van der Waals surface area contributed by atoms with Crippen LogP contribution in [0.25, 0.3) is 4.83 Å². The van der Waals surface area contributed by atoms with Crippen molar-refractivity contribution in [2.24, 2.45) is 5.92 Å². The minimum atomic E-state index is -0.400. The van der Waals surface area contributed by atoms with E-state index in [0.717, 1.165) is 16.9 Å². The van der Waals surface area contributed by atoms with Gasteiger partial charge < -0.3 is 5.11 Å². The molecule has 0 saturated heterocycles. The number of aliphatic hydroxyl groups excluding tert-OH is 1. The molecule has 3 aromatic rings. The van der Waals surface area contributed by atoms with E-state index in [1.165, 1.54) is 10.4 Å². The molecule has 4 rings (SSSR count). The lowest BCUT2D eigenvalue weighted by Gasteiger charge is -2.11. The van der Waals surface area contributed by atoms with Crippen molar-refractivity contribution in [1.82, 2.24) is 9.38 Å². The number of thiazole rings is 1. The Morgan fingerprint density at radius 2 is 2.15 bits per heavy atom. The van der Waals surface area contributed by atoms with E-state index in [9.17, 15) is 5.11 Å². The van der Waals surface area contributed by atoms with E-state index in [4.69, 9.17) is 0 Å². The maximum Gasteiger partial charge on any atom is 0.120 e. The Balaban J connectivity index is 1.64. The van der Waals surface area contributed by atoms with Gasteiger partial charge in [-0.15, -0.1) is 11.3 Å². The molecule has 0 radical (unpaired) electrons. The number of fused-ring (bicyclic) bond motifs is 1. The molecule has 0 spiro atoms. The standard InChI is InChI=1S/C16H16N2OS/c1-10-15(18-9-17-8-14(18)20-10)16(19)13-7-12(13)11-5-3-2-4-6-11/h2-6,8-9,12-13,16,19H,7H2,1H3/t12-,13-,16?/m1/s1. The van der Waals surface area contributed by atoms with Gasteiger partial charge >= 0.3 is 0 Å². The van der Waals surface area contributed by atoms with Crippen molar-refractivity contribution in [2.75, 3.05) is 0 Å². The van der Waals surface area contributed by atoms with Gasteiger partial charge in [0, 0.05) is 4.88 Å². The van der Waals surface area contributed by atoms with Gasteiger partial charge in [0.05, 0.1) is 18.0 Å². The molecule has 0 amide bonds. The summed E-state index contributed by atoms with van der Waals surface area (Å²) in [6, 6.07) is 10.5. The molecule has 1 fully saturated rings. The van der Waals surface area contributed by atoms with E-state index in [0.29, 0.717) is 11.8 Å². The minimum absolute atomic E-state index is 0.330. The van der Waals surface area contributed by atoms with Crippen LogP contribution in [0, 0.1) is 12.8 Å². The number of benzene rings is 1. The fourth-order valence-electron chi connectivity index (χ4n) is 3.12. The average Bonchev–Trinajstić information content (AvgIpc) is 3.05. The Labute approximate surface area is 121 Å². The van der Waals surface area contributed by atoms with E-state index in [-0.39, 0.29) is 0 Å². The Kier molecular flexibility index (Phi) is 2.69. The zero-order valence-corrected chi connectivity index (χ0v) is 12.0. The summed E-state index contributed by atoms with van der Waals surface area (Å²) in [5.74, 6) is 0.820. The monoisotopic (exact) mass is 284 g/mol. The van der Waals surface area contributed by atoms with Crippen molar-refractivity contribution < 1.29 is 5.11 Å². The summed E-state index contributed by atoms with van der Waals surface area (Å²) in [4.78, 5) is 6.46. The molecule has 1 N–H and O–H groups in total. The number of aryl methyl sites for hydroxylation is 1. The Bertz CT molecular complexity index is 746. The van der Waals surface area contributed by atoms with Gasteiger partial charge in [0.2, 0.25) is 0 Å². The van der Waals surface area contributed by atoms with Gasteiger partial charge in [0.15, 0.2) is 0 Å². The van der Waals surface area contributed by atoms with Crippen LogP contribution in [-0.2, 0) is 0 Å². The number of hydrogen-bond acceptors (Lipinski definition) is 3. The summed E-state index contributed by atoms with van der Waals surface area (Å²) in [7, 11) is 0. The molecule has 2 aromatic heterocycles. The highest BCUT2D eigenvalue weighted by Crippen LogP contribution is 2.54. The molecule has 1 unspecified atom stereocenters. The predicted molar refractivity (Wildman–Crippen MR) is 80.1 cm³/mol. The fraction of sp³-hybridized carbons (Fsp3) is 0.312. The first-order valence-corrected chi connectivity index (χ1v) is 7.71. The summed E-state index contributed by atoms with van der Waals surface area (Å²) in [6.07, 6.45) is 4.33. The summed E-state index contributed by atoms with van der Waals surface area (Å²) >= 11 is 1.70. The Morgan fingerprint density at radius 3 is 2.95 bits per heavy atom. The van der Waals surface area contributed by atoms with Crippen LogP contribution in [0.15, 0.2) is 42.9 Å². The van der Waals surface area contributed by atoms with Gasteiger partial charge in [-0.1, -0.05) is 30.3 Å². The summed E-state index contributed by atoms with van der Waals surface area (Å²) in [5.41, 5.74) is 2.36. The molecule has 3 atom stereocenters. The normalized spacial score (nSPS) is 23.1. The van der Waals surface area contributed by atoms with Gasteiger partial charge in [0.1, 0.15) is 11.2 Å². The maximum atomic E-state index is 10.7. The van der Waals surface area contributed by atoms with Gasteiger partial charge in [0.25, 0.3) is 0 Å². The molecule has 0 aliphatic heterocycles. The first-order valence-electron chi connectivity index (χ1n) is 6.90. The SMILES string of the molecule is Cc1sc2cncn2c1C(O)[C@@H]1C[C@@H]1c1ccccc1. The zero-order valence-electron chi connectivity index (χ0n) is 11.2. The first kappa shape index (κ1) is 12.1. The zero-order chi connectivity index (χ0) is 13.7. The molecule has 20 heavy (non-hydrogen) atoms. The summed E-state index contributed by atoms with van der Waals surface area (Å²) in [5, 5.41) is 10.7. The number of aromatic nitrogens is 2. The van der Waals surface area contributed by atoms with Crippen molar-refractivity contribution in [3.8, 4) is 0 Å². The maximum absolute atomic E-state index is 10.7. The molecule has 1 aromatic carbocycles. The van der Waals surface area contributed by atoms with Crippen molar-refractivity contribution in [1.29, 1.82) is 0 Å². The van der Waals surface area contributed by atoms with E-state index >= 15 is 0 Å². The number of imidazole rings is 1. The first-order chi connectivity index (χ1) is 9.75. The van der Waals surface area contributed by atoms with Crippen LogP contribution < -0.4 is 0 Å². The van der Waals surface area contributed by atoms with E-state index < -0.39 is 6.10 Å². The van der Waals surface area contributed by atoms with Crippen LogP contribution in [-0.4, -0.2) is 14.5 Å². The highest BCUT2D eigenvalue weighted by Gasteiger charge is 2.45. The third-order valence-electron chi connectivity index (χ3n) is 4.24. The fourth-order valence-corrected chi connectivity index (χ4v) is 4.11. The van der Waals surface area contributed by atoms with Crippen LogP contribution in [0.4, 0.5) is 0 Å². The van der Waals surface area contributed by atoms with Crippen molar-refractivity contribution in [2.45, 2.75) is 25.4 Å². The van der Waals surface area contributed by atoms with Crippen LogP contribution in [0.2, 0.25) is 0 Å². The highest BCUT2D eigenvalue weighted by molar-refractivity contribution is 7.17. The number of nitrogens with zero attached hydrogens (tertiary/aromatic N) is 2. The summed E-state index contributed by atoms with van der Waals surface area (Å²) in [6.45, 7) is 2.08. The second-order valence-corrected chi connectivity index (χ2v) is 6.74. The smallest absolute Gasteiger partial charge is 0.120 e. The molecule has 102 valence electrons. The molecular weight excluding hydrogens is 268 g/mol. The van der Waals surface area contributed by atoms with Crippen LogP contribution in [0.3, 0.4) is 0 Å². The van der Waals surface area contributed by atoms with Crippen LogP contribution in [0.5, 0.6) is 0 Å². The molecule has 1 aliphatic rings. The molecule has 2 heterocycles.